The molecular formula is C24H16N2O3. The first-order valence-electron chi connectivity index (χ1n) is 9.05. The minimum atomic E-state index is -1.16. The Morgan fingerprint density at radius 1 is 0.966 bits per heavy atom. The van der Waals surface area contributed by atoms with E-state index < -0.39 is 10.5 Å². The maximum absolute atomic E-state index is 13.2. The van der Waals surface area contributed by atoms with Gasteiger partial charge < -0.3 is 0 Å². The lowest BCUT2D eigenvalue weighted by molar-refractivity contribution is -0.384. The van der Waals surface area contributed by atoms with Gasteiger partial charge in [-0.05, 0) is 53.8 Å². The van der Waals surface area contributed by atoms with Crippen molar-refractivity contribution in [3.05, 3.63) is 111 Å². The molecule has 140 valence electrons. The van der Waals surface area contributed by atoms with Crippen LogP contribution in [0.5, 0.6) is 0 Å². The van der Waals surface area contributed by atoms with Crippen molar-refractivity contribution in [2.24, 2.45) is 4.99 Å². The van der Waals surface area contributed by atoms with Crippen LogP contribution < -0.4 is 0 Å². The van der Waals surface area contributed by atoms with Gasteiger partial charge >= 0.3 is 0 Å². The molecule has 0 fully saturated rings. The topological polar surface area (TPSA) is 72.6 Å². The summed E-state index contributed by atoms with van der Waals surface area (Å²) in [6, 6.07) is 22.9. The fourth-order valence-corrected chi connectivity index (χ4v) is 3.34. The number of ketones is 1. The normalized spacial score (nSPS) is 16.9. The third kappa shape index (κ3) is 3.32. The summed E-state index contributed by atoms with van der Waals surface area (Å²) < 4.78 is 0. The van der Waals surface area contributed by atoms with Gasteiger partial charge in [-0.15, -0.1) is 0 Å². The molecule has 1 unspecified atom stereocenters. The van der Waals surface area contributed by atoms with E-state index in [1.165, 1.54) is 12.1 Å². The van der Waals surface area contributed by atoms with E-state index in [0.717, 1.165) is 16.7 Å². The van der Waals surface area contributed by atoms with Crippen LogP contribution in [0.1, 0.15) is 22.3 Å². The van der Waals surface area contributed by atoms with Gasteiger partial charge in [0.25, 0.3) is 5.69 Å². The molecule has 0 amide bonds. The number of hydrogen-bond donors (Lipinski definition) is 0. The van der Waals surface area contributed by atoms with E-state index in [0.29, 0.717) is 11.3 Å². The lowest BCUT2D eigenvalue weighted by Gasteiger charge is -2.14. The molecule has 0 saturated carbocycles. The monoisotopic (exact) mass is 380 g/mol. The fraction of sp³-hybridized carbons (Fsp3) is 0.0833. The van der Waals surface area contributed by atoms with Crippen LogP contribution in [0.3, 0.4) is 0 Å². The molecule has 1 heterocycles. The van der Waals surface area contributed by atoms with Crippen molar-refractivity contribution in [3.63, 3.8) is 0 Å². The Bertz CT molecular complexity index is 1200. The SMILES string of the molecule is Cc1ccccc1C1(C(=O)C#Cc2ccccc2)N=C1c1ccc([N+](=O)[O-])cc1. The molecule has 4 rings (SSSR count). The molecule has 3 aromatic carbocycles. The van der Waals surface area contributed by atoms with Gasteiger partial charge in [0, 0.05) is 17.7 Å². The van der Waals surface area contributed by atoms with Crippen LogP contribution in [0.15, 0.2) is 83.9 Å². The van der Waals surface area contributed by atoms with E-state index in [9.17, 15) is 14.9 Å². The Balaban J connectivity index is 1.73. The van der Waals surface area contributed by atoms with Gasteiger partial charge in [0.1, 0.15) is 0 Å². The van der Waals surface area contributed by atoms with Crippen LogP contribution in [-0.2, 0) is 10.3 Å². The number of carbonyl (C=O) groups excluding carboxylic acids is 1. The van der Waals surface area contributed by atoms with E-state index in [1.54, 1.807) is 12.1 Å². The molecular weight excluding hydrogens is 364 g/mol. The van der Waals surface area contributed by atoms with Gasteiger partial charge in [-0.2, -0.15) is 0 Å². The average Bonchev–Trinajstić information content (AvgIpc) is 3.50. The Hall–Kier alpha value is -4.04. The molecule has 5 nitrogen and oxygen atoms in total. The van der Waals surface area contributed by atoms with Crippen molar-refractivity contribution in [3.8, 4) is 11.8 Å². The number of nitrogens with zero attached hydrogens (tertiary/aromatic N) is 2. The Morgan fingerprint density at radius 2 is 1.62 bits per heavy atom. The van der Waals surface area contributed by atoms with Gasteiger partial charge in [-0.25, -0.2) is 0 Å². The molecule has 0 radical (unpaired) electrons. The van der Waals surface area contributed by atoms with Crippen LogP contribution in [0.25, 0.3) is 0 Å². The summed E-state index contributed by atoms with van der Waals surface area (Å²) in [7, 11) is 0. The number of aliphatic imine (C=N–C) groups is 1. The second kappa shape index (κ2) is 7.17. The summed E-state index contributed by atoms with van der Waals surface area (Å²) in [5, 5.41) is 10.9. The van der Waals surface area contributed by atoms with Gasteiger partial charge in [0.15, 0.2) is 5.54 Å². The lowest BCUT2D eigenvalue weighted by atomic mass is 9.84. The number of hydrogen-bond acceptors (Lipinski definition) is 4. The van der Waals surface area contributed by atoms with Crippen molar-refractivity contribution in [2.75, 3.05) is 0 Å². The van der Waals surface area contributed by atoms with Crippen LogP contribution in [0.4, 0.5) is 5.69 Å². The largest absolute Gasteiger partial charge is 0.281 e. The number of non-ortho nitro benzene ring substituents is 1. The number of benzene rings is 3. The second-order valence-corrected chi connectivity index (χ2v) is 6.73. The number of aryl methyl sites for hydroxylation is 1. The smallest absolute Gasteiger partial charge is 0.269 e. The van der Waals surface area contributed by atoms with E-state index in [1.807, 2.05) is 61.5 Å². The van der Waals surface area contributed by atoms with Gasteiger partial charge in [-0.3, -0.25) is 19.9 Å². The highest BCUT2D eigenvalue weighted by Gasteiger charge is 2.56. The average molecular weight is 380 g/mol. The first-order valence-corrected chi connectivity index (χ1v) is 9.05. The molecule has 29 heavy (non-hydrogen) atoms. The Labute approximate surface area is 167 Å². The standard InChI is InChI=1S/C24H16N2O3/c1-17-7-5-6-10-21(17)24(22(27)16-11-18-8-3-2-4-9-18)23(25-24)19-12-14-20(15-13-19)26(28)29/h2-10,12-15H,1H3. The third-order valence-corrected chi connectivity index (χ3v) is 4.88. The molecule has 1 atom stereocenters. The highest BCUT2D eigenvalue weighted by Crippen LogP contribution is 2.44. The molecule has 1 aliphatic heterocycles. The lowest BCUT2D eigenvalue weighted by Crippen LogP contribution is -2.28. The van der Waals surface area contributed by atoms with E-state index in [-0.39, 0.29) is 11.5 Å². The summed E-state index contributed by atoms with van der Waals surface area (Å²) in [5.74, 6) is 5.34. The van der Waals surface area contributed by atoms with Crippen molar-refractivity contribution in [1.82, 2.24) is 0 Å². The first kappa shape index (κ1) is 18.3. The molecule has 0 aliphatic carbocycles. The highest BCUT2D eigenvalue weighted by atomic mass is 16.6. The van der Waals surface area contributed by atoms with Gasteiger partial charge in [-0.1, -0.05) is 48.4 Å². The summed E-state index contributed by atoms with van der Waals surface area (Å²) in [5.41, 5.74) is 2.54. The highest BCUT2D eigenvalue weighted by molar-refractivity contribution is 6.34. The molecule has 0 saturated heterocycles. The van der Waals surface area contributed by atoms with Crippen molar-refractivity contribution in [2.45, 2.75) is 12.5 Å². The van der Waals surface area contributed by atoms with Crippen molar-refractivity contribution >= 4 is 17.2 Å². The predicted octanol–water partition coefficient (Wildman–Crippen LogP) is 4.22. The molecule has 3 aromatic rings. The molecule has 0 N–H and O–H groups in total. The summed E-state index contributed by atoms with van der Waals surface area (Å²) in [6.45, 7) is 1.93. The third-order valence-electron chi connectivity index (χ3n) is 4.88. The van der Waals surface area contributed by atoms with E-state index >= 15 is 0 Å². The van der Waals surface area contributed by atoms with E-state index in [4.69, 9.17) is 0 Å². The zero-order valence-corrected chi connectivity index (χ0v) is 15.6. The molecule has 0 bridgehead atoms. The van der Waals surface area contributed by atoms with Crippen LogP contribution >= 0.6 is 0 Å². The van der Waals surface area contributed by atoms with Crippen molar-refractivity contribution in [1.29, 1.82) is 0 Å². The van der Waals surface area contributed by atoms with E-state index in [2.05, 4.69) is 16.8 Å². The number of carbonyl (C=O) groups is 1. The van der Waals surface area contributed by atoms with Gasteiger partial charge in [0.05, 0.1) is 10.6 Å². The molecule has 0 spiro atoms. The number of rotatable bonds is 4. The maximum atomic E-state index is 13.2. The zero-order valence-electron chi connectivity index (χ0n) is 15.6. The molecule has 1 aliphatic rings. The van der Waals surface area contributed by atoms with Crippen LogP contribution in [0, 0.1) is 28.9 Å². The minimum absolute atomic E-state index is 0.00770. The minimum Gasteiger partial charge on any atom is -0.281 e. The quantitative estimate of drug-likeness (QED) is 0.386. The Kier molecular flexibility index (Phi) is 4.53. The summed E-state index contributed by atoms with van der Waals surface area (Å²) >= 11 is 0. The van der Waals surface area contributed by atoms with Gasteiger partial charge in [0.2, 0.25) is 5.78 Å². The molecule has 0 aromatic heterocycles. The van der Waals surface area contributed by atoms with Crippen LogP contribution in [-0.4, -0.2) is 16.4 Å². The summed E-state index contributed by atoms with van der Waals surface area (Å²) in [6.07, 6.45) is 0. The summed E-state index contributed by atoms with van der Waals surface area (Å²) in [4.78, 5) is 28.3. The second-order valence-electron chi connectivity index (χ2n) is 6.73. The fourth-order valence-electron chi connectivity index (χ4n) is 3.34. The number of nitro groups is 1. The predicted molar refractivity (Wildman–Crippen MR) is 111 cm³/mol. The van der Waals surface area contributed by atoms with Crippen molar-refractivity contribution < 1.29 is 9.72 Å². The Morgan fingerprint density at radius 3 is 2.28 bits per heavy atom. The van der Waals surface area contributed by atoms with Crippen LogP contribution in [0.2, 0.25) is 0 Å². The maximum Gasteiger partial charge on any atom is 0.269 e. The first-order chi connectivity index (χ1) is 14.0. The number of Topliss-reactive ketones (excluding diaryl/α,β-unsaturated/α-hetero) is 1. The number of nitro benzene ring substituents is 1. The molecule has 5 heteroatoms. The zero-order chi connectivity index (χ0) is 20.4.